The summed E-state index contributed by atoms with van der Waals surface area (Å²) in [7, 11) is 0. The number of aromatic nitrogens is 1. The summed E-state index contributed by atoms with van der Waals surface area (Å²) in [5.41, 5.74) is 8.07. The summed E-state index contributed by atoms with van der Waals surface area (Å²) in [6.07, 6.45) is 5.53. The van der Waals surface area contributed by atoms with Crippen molar-refractivity contribution >= 4 is 16.8 Å². The SMILES string of the molecule is NCC1CCN(C(=O)CCc2c[nH]c3ccccc23)CC1. The van der Waals surface area contributed by atoms with Gasteiger partial charge in [-0.05, 0) is 43.4 Å². The van der Waals surface area contributed by atoms with Gasteiger partial charge in [-0.15, -0.1) is 0 Å². The van der Waals surface area contributed by atoms with Gasteiger partial charge < -0.3 is 15.6 Å². The van der Waals surface area contributed by atoms with Gasteiger partial charge in [0.05, 0.1) is 0 Å². The molecule has 1 aliphatic heterocycles. The fraction of sp³-hybridized carbons (Fsp3) is 0.471. The molecule has 4 heteroatoms. The molecule has 1 saturated heterocycles. The Morgan fingerprint density at radius 3 is 2.81 bits per heavy atom. The van der Waals surface area contributed by atoms with Crippen LogP contribution in [0.15, 0.2) is 30.5 Å². The first-order valence-electron chi connectivity index (χ1n) is 7.80. The Labute approximate surface area is 125 Å². The van der Waals surface area contributed by atoms with Gasteiger partial charge in [0.1, 0.15) is 0 Å². The Hall–Kier alpha value is -1.81. The summed E-state index contributed by atoms with van der Waals surface area (Å²) in [4.78, 5) is 17.6. The van der Waals surface area contributed by atoms with E-state index in [0.29, 0.717) is 12.3 Å². The van der Waals surface area contributed by atoms with Gasteiger partial charge in [-0.1, -0.05) is 18.2 Å². The van der Waals surface area contributed by atoms with Crippen molar-refractivity contribution < 1.29 is 4.79 Å². The van der Waals surface area contributed by atoms with E-state index in [1.54, 1.807) is 0 Å². The molecule has 0 atom stereocenters. The van der Waals surface area contributed by atoms with E-state index in [2.05, 4.69) is 17.1 Å². The largest absolute Gasteiger partial charge is 0.361 e. The van der Waals surface area contributed by atoms with Crippen molar-refractivity contribution in [3.05, 3.63) is 36.0 Å². The predicted octanol–water partition coefficient (Wildman–Crippen LogP) is 2.30. The van der Waals surface area contributed by atoms with Crippen LogP contribution < -0.4 is 5.73 Å². The minimum absolute atomic E-state index is 0.274. The number of fused-ring (bicyclic) bond motifs is 1. The van der Waals surface area contributed by atoms with Gasteiger partial charge in [0.2, 0.25) is 5.91 Å². The fourth-order valence-corrected chi connectivity index (χ4v) is 3.16. The zero-order valence-electron chi connectivity index (χ0n) is 12.3. The highest BCUT2D eigenvalue weighted by Crippen LogP contribution is 2.20. The van der Waals surface area contributed by atoms with Crippen LogP contribution in [0.5, 0.6) is 0 Å². The standard InChI is InChI=1S/C17H23N3O/c18-11-13-7-9-20(10-8-13)17(21)6-5-14-12-19-16-4-2-1-3-15(14)16/h1-4,12-13,19H,5-11,18H2. The van der Waals surface area contributed by atoms with Crippen LogP contribution in [0, 0.1) is 5.92 Å². The summed E-state index contributed by atoms with van der Waals surface area (Å²) in [6.45, 7) is 2.49. The minimum atomic E-state index is 0.274. The number of hydrogen-bond acceptors (Lipinski definition) is 2. The Kier molecular flexibility index (Phi) is 4.25. The lowest BCUT2D eigenvalue weighted by molar-refractivity contribution is -0.132. The molecule has 0 saturated carbocycles. The number of amides is 1. The van der Waals surface area contributed by atoms with Crippen molar-refractivity contribution in [3.63, 3.8) is 0 Å². The van der Waals surface area contributed by atoms with Gasteiger partial charge in [0, 0.05) is 36.6 Å². The number of H-pyrrole nitrogens is 1. The van der Waals surface area contributed by atoms with Crippen molar-refractivity contribution in [1.29, 1.82) is 0 Å². The molecule has 1 amide bonds. The van der Waals surface area contributed by atoms with E-state index in [-0.39, 0.29) is 5.91 Å². The number of nitrogens with two attached hydrogens (primary N) is 1. The first-order chi connectivity index (χ1) is 10.3. The Morgan fingerprint density at radius 2 is 2.05 bits per heavy atom. The molecule has 21 heavy (non-hydrogen) atoms. The fourth-order valence-electron chi connectivity index (χ4n) is 3.16. The highest BCUT2D eigenvalue weighted by atomic mass is 16.2. The lowest BCUT2D eigenvalue weighted by atomic mass is 9.96. The van der Waals surface area contributed by atoms with Crippen LogP contribution in [-0.2, 0) is 11.2 Å². The van der Waals surface area contributed by atoms with E-state index in [4.69, 9.17) is 5.73 Å². The number of aromatic amines is 1. The Morgan fingerprint density at radius 1 is 1.29 bits per heavy atom. The number of benzene rings is 1. The molecular formula is C17H23N3O. The molecule has 0 radical (unpaired) electrons. The molecular weight excluding hydrogens is 262 g/mol. The molecule has 3 N–H and O–H groups in total. The zero-order chi connectivity index (χ0) is 14.7. The van der Waals surface area contributed by atoms with Gasteiger partial charge in [-0.2, -0.15) is 0 Å². The number of para-hydroxylation sites is 1. The van der Waals surface area contributed by atoms with E-state index in [0.717, 1.165) is 44.4 Å². The zero-order valence-corrected chi connectivity index (χ0v) is 12.3. The molecule has 1 aliphatic rings. The van der Waals surface area contributed by atoms with Crippen LogP contribution in [0.3, 0.4) is 0 Å². The first-order valence-corrected chi connectivity index (χ1v) is 7.80. The van der Waals surface area contributed by atoms with Gasteiger partial charge in [0.25, 0.3) is 0 Å². The second-order valence-electron chi connectivity index (χ2n) is 5.92. The molecule has 0 aliphatic carbocycles. The molecule has 4 nitrogen and oxygen atoms in total. The van der Waals surface area contributed by atoms with Crippen LogP contribution in [0.4, 0.5) is 0 Å². The highest BCUT2D eigenvalue weighted by molar-refractivity contribution is 5.84. The summed E-state index contributed by atoms with van der Waals surface area (Å²) >= 11 is 0. The molecule has 2 heterocycles. The van der Waals surface area contributed by atoms with E-state index >= 15 is 0 Å². The molecule has 3 rings (SSSR count). The number of rotatable bonds is 4. The number of piperidine rings is 1. The van der Waals surface area contributed by atoms with Crippen LogP contribution in [0.2, 0.25) is 0 Å². The quantitative estimate of drug-likeness (QED) is 0.905. The summed E-state index contributed by atoms with van der Waals surface area (Å²) < 4.78 is 0. The lowest BCUT2D eigenvalue weighted by Gasteiger charge is -2.31. The molecule has 0 unspecified atom stereocenters. The van der Waals surface area contributed by atoms with E-state index in [1.807, 2.05) is 23.2 Å². The molecule has 0 spiro atoms. The van der Waals surface area contributed by atoms with E-state index in [1.165, 1.54) is 10.9 Å². The molecule has 0 bridgehead atoms. The van der Waals surface area contributed by atoms with Crippen molar-refractivity contribution in [2.75, 3.05) is 19.6 Å². The van der Waals surface area contributed by atoms with Crippen LogP contribution in [0.25, 0.3) is 10.9 Å². The van der Waals surface area contributed by atoms with Gasteiger partial charge in [-0.3, -0.25) is 4.79 Å². The Bertz CT molecular complexity index is 611. The van der Waals surface area contributed by atoms with Crippen molar-refractivity contribution in [1.82, 2.24) is 9.88 Å². The van der Waals surface area contributed by atoms with Crippen molar-refractivity contribution in [2.24, 2.45) is 11.7 Å². The minimum Gasteiger partial charge on any atom is -0.361 e. The number of aryl methyl sites for hydroxylation is 1. The second-order valence-corrected chi connectivity index (χ2v) is 5.92. The van der Waals surface area contributed by atoms with E-state index < -0.39 is 0 Å². The average Bonchev–Trinajstić information content (AvgIpc) is 2.96. The first kappa shape index (κ1) is 14.1. The normalized spacial score (nSPS) is 16.5. The maximum absolute atomic E-state index is 12.3. The van der Waals surface area contributed by atoms with E-state index in [9.17, 15) is 4.79 Å². The van der Waals surface area contributed by atoms with Crippen molar-refractivity contribution in [2.45, 2.75) is 25.7 Å². The summed E-state index contributed by atoms with van der Waals surface area (Å²) in [5.74, 6) is 0.874. The summed E-state index contributed by atoms with van der Waals surface area (Å²) in [5, 5.41) is 1.23. The maximum Gasteiger partial charge on any atom is 0.222 e. The van der Waals surface area contributed by atoms with Gasteiger partial charge in [-0.25, -0.2) is 0 Å². The highest BCUT2D eigenvalue weighted by Gasteiger charge is 2.21. The van der Waals surface area contributed by atoms with Gasteiger partial charge >= 0.3 is 0 Å². The monoisotopic (exact) mass is 285 g/mol. The third kappa shape index (κ3) is 3.10. The number of carbonyl (C=O) groups excluding carboxylic acids is 1. The lowest BCUT2D eigenvalue weighted by Crippen LogP contribution is -2.40. The van der Waals surface area contributed by atoms with Crippen LogP contribution in [0.1, 0.15) is 24.8 Å². The van der Waals surface area contributed by atoms with Crippen LogP contribution in [-0.4, -0.2) is 35.4 Å². The third-order valence-electron chi connectivity index (χ3n) is 4.58. The Balaban J connectivity index is 1.56. The molecule has 1 fully saturated rings. The molecule has 1 aromatic carbocycles. The molecule has 112 valence electrons. The third-order valence-corrected chi connectivity index (χ3v) is 4.58. The number of nitrogens with one attached hydrogen (secondary N) is 1. The smallest absolute Gasteiger partial charge is 0.222 e. The van der Waals surface area contributed by atoms with Crippen LogP contribution >= 0.6 is 0 Å². The molecule has 2 aromatic rings. The number of hydrogen-bond donors (Lipinski definition) is 2. The molecule has 1 aromatic heterocycles. The second kappa shape index (κ2) is 6.31. The van der Waals surface area contributed by atoms with Crippen molar-refractivity contribution in [3.8, 4) is 0 Å². The topological polar surface area (TPSA) is 62.1 Å². The predicted molar refractivity (Wildman–Crippen MR) is 85.0 cm³/mol. The van der Waals surface area contributed by atoms with Gasteiger partial charge in [0.15, 0.2) is 0 Å². The maximum atomic E-state index is 12.3. The average molecular weight is 285 g/mol. The summed E-state index contributed by atoms with van der Waals surface area (Å²) in [6, 6.07) is 8.24. The number of carbonyl (C=O) groups is 1. The number of nitrogens with zero attached hydrogens (tertiary/aromatic N) is 1. The number of likely N-dealkylation sites (tertiary alicyclic amines) is 1.